The molecule has 0 bridgehead atoms. The highest BCUT2D eigenvalue weighted by Crippen LogP contribution is 2.41. The molecule has 0 heterocycles. The van der Waals surface area contributed by atoms with Gasteiger partial charge in [-0.25, -0.2) is 0 Å². The number of rotatable bonds is 5. The molecule has 3 nitrogen and oxygen atoms in total. The normalized spacial score (nSPS) is 10.7. The van der Waals surface area contributed by atoms with E-state index >= 15 is 0 Å². The van der Waals surface area contributed by atoms with Crippen molar-refractivity contribution in [2.45, 2.75) is 62.3 Å². The van der Waals surface area contributed by atoms with Crippen LogP contribution >= 0.6 is 0 Å². The second kappa shape index (κ2) is 20.5. The van der Waals surface area contributed by atoms with E-state index < -0.39 is 0 Å². The lowest BCUT2D eigenvalue weighted by Gasteiger charge is -2.29. The molecular formula is C49H51N3. The maximum Gasteiger partial charge on any atom is 0.0991 e. The molecule has 0 saturated heterocycles. The number of aryl methyl sites for hydroxylation is 3. The van der Waals surface area contributed by atoms with E-state index in [1.807, 2.05) is 101 Å². The molecule has 52 heavy (non-hydrogen) atoms. The molecule has 0 aliphatic rings. The zero-order valence-corrected chi connectivity index (χ0v) is 32.2. The van der Waals surface area contributed by atoms with Gasteiger partial charge in [-0.1, -0.05) is 122 Å². The predicted octanol–water partition coefficient (Wildman–Crippen LogP) is 14.0. The summed E-state index contributed by atoms with van der Waals surface area (Å²) in [5, 5.41) is 22.7. The fraction of sp³-hybridized carbons (Fsp3) is 0.184. The highest BCUT2D eigenvalue weighted by molar-refractivity contribution is 6.13. The van der Waals surface area contributed by atoms with Crippen LogP contribution in [0, 0.1) is 50.4 Å². The van der Waals surface area contributed by atoms with Crippen molar-refractivity contribution >= 4 is 39.0 Å². The Morgan fingerprint density at radius 3 is 1.65 bits per heavy atom. The van der Waals surface area contributed by atoms with Gasteiger partial charge in [0.1, 0.15) is 0 Å². The molecule has 0 aliphatic carbocycles. The van der Waals surface area contributed by atoms with Gasteiger partial charge in [0.2, 0.25) is 0 Å². The van der Waals surface area contributed by atoms with Gasteiger partial charge < -0.3 is 4.90 Å². The fourth-order valence-electron chi connectivity index (χ4n) is 5.85. The van der Waals surface area contributed by atoms with Crippen LogP contribution in [0.4, 0.5) is 11.4 Å². The first-order valence-electron chi connectivity index (χ1n) is 17.9. The Kier molecular flexibility index (Phi) is 15.9. The summed E-state index contributed by atoms with van der Waals surface area (Å²) < 4.78 is 0. The quantitative estimate of drug-likeness (QED) is 0.134. The van der Waals surface area contributed by atoms with Gasteiger partial charge in [0.25, 0.3) is 0 Å². The molecule has 0 N–H and O–H groups in total. The average Bonchev–Trinajstić information content (AvgIpc) is 3.18. The number of nitrogens with zero attached hydrogens (tertiary/aromatic N) is 3. The number of hydrogen-bond donors (Lipinski definition) is 0. The number of allylic oxidation sites excluding steroid dienone is 5. The van der Waals surface area contributed by atoms with Crippen LogP contribution in [0.15, 0.2) is 145 Å². The summed E-state index contributed by atoms with van der Waals surface area (Å²) in [5.74, 6) is 0. The van der Waals surface area contributed by atoms with Crippen molar-refractivity contribution < 1.29 is 0 Å². The standard InChI is InChI=1S/C32H30N2.C8H7N.C7H8.C2H6/c1-6-8-12-23(4)34(26-17-15-25(21-33)16-18-26)32-20-31-29-14-10-9-13-27(29)22(3)19-30(31)28(11-7-2)24(32)5;1-7-2-4-8(6-9)5-3-7;1-7-5-3-2-4-6-7;1-2/h6-20H,1-5H3;2-5H,1H3;2-6H,1H3;1-2H3/b8-6-,11-7-,23-12+;;;. The summed E-state index contributed by atoms with van der Waals surface area (Å²) in [6.07, 6.45) is 10.6. The molecule has 3 heteroatoms. The molecule has 0 aliphatic heterocycles. The maximum atomic E-state index is 9.30. The van der Waals surface area contributed by atoms with Crippen molar-refractivity contribution in [3.63, 3.8) is 0 Å². The van der Waals surface area contributed by atoms with Gasteiger partial charge in [-0.3, -0.25) is 0 Å². The zero-order chi connectivity index (χ0) is 38.0. The largest absolute Gasteiger partial charge is 0.314 e. The number of nitriles is 2. The minimum Gasteiger partial charge on any atom is -0.314 e. The summed E-state index contributed by atoms with van der Waals surface area (Å²) in [6.45, 7) is 18.7. The first kappa shape index (κ1) is 40.3. The van der Waals surface area contributed by atoms with Crippen LogP contribution in [0.1, 0.15) is 73.6 Å². The Labute approximate surface area is 312 Å². The summed E-state index contributed by atoms with van der Waals surface area (Å²) in [5.41, 5.74) is 10.9. The molecule has 6 aromatic rings. The van der Waals surface area contributed by atoms with Gasteiger partial charge in [-0.05, 0) is 135 Å². The molecule has 0 amide bonds. The van der Waals surface area contributed by atoms with Crippen LogP contribution in [0.2, 0.25) is 0 Å². The molecule has 6 aromatic carbocycles. The van der Waals surface area contributed by atoms with Crippen molar-refractivity contribution in [3.05, 3.63) is 184 Å². The van der Waals surface area contributed by atoms with Crippen LogP contribution in [0.5, 0.6) is 0 Å². The minimum absolute atomic E-state index is 0.657. The maximum absolute atomic E-state index is 9.30. The Morgan fingerprint density at radius 1 is 0.596 bits per heavy atom. The Bertz CT molecular complexity index is 2220. The first-order valence-corrected chi connectivity index (χ1v) is 17.9. The lowest BCUT2D eigenvalue weighted by Crippen LogP contribution is -2.16. The highest BCUT2D eigenvalue weighted by Gasteiger charge is 2.19. The molecule has 0 fully saturated rings. The van der Waals surface area contributed by atoms with Gasteiger partial charge in [-0.2, -0.15) is 10.5 Å². The summed E-state index contributed by atoms with van der Waals surface area (Å²) >= 11 is 0. The van der Waals surface area contributed by atoms with Crippen molar-refractivity contribution in [1.29, 1.82) is 10.5 Å². The van der Waals surface area contributed by atoms with E-state index in [-0.39, 0.29) is 0 Å². The highest BCUT2D eigenvalue weighted by atomic mass is 15.1. The third-order valence-electron chi connectivity index (χ3n) is 8.49. The number of anilines is 2. The van der Waals surface area contributed by atoms with Crippen molar-refractivity contribution in [1.82, 2.24) is 0 Å². The van der Waals surface area contributed by atoms with Crippen LogP contribution in [0.25, 0.3) is 27.6 Å². The second-order valence-electron chi connectivity index (χ2n) is 12.2. The van der Waals surface area contributed by atoms with E-state index in [1.165, 1.54) is 49.4 Å². The van der Waals surface area contributed by atoms with E-state index in [0.29, 0.717) is 5.56 Å². The van der Waals surface area contributed by atoms with Gasteiger partial charge >= 0.3 is 0 Å². The number of fused-ring (bicyclic) bond motifs is 3. The molecule has 262 valence electrons. The number of benzene rings is 6. The van der Waals surface area contributed by atoms with E-state index in [1.54, 1.807) is 0 Å². The van der Waals surface area contributed by atoms with Crippen LogP contribution in [0.3, 0.4) is 0 Å². The van der Waals surface area contributed by atoms with Crippen molar-refractivity contribution in [2.24, 2.45) is 0 Å². The average molecular weight is 682 g/mol. The van der Waals surface area contributed by atoms with Crippen LogP contribution < -0.4 is 4.90 Å². The zero-order valence-electron chi connectivity index (χ0n) is 32.2. The lowest BCUT2D eigenvalue weighted by atomic mass is 9.91. The minimum atomic E-state index is 0.657. The smallest absolute Gasteiger partial charge is 0.0991 e. The van der Waals surface area contributed by atoms with Gasteiger partial charge in [0, 0.05) is 17.1 Å². The van der Waals surface area contributed by atoms with Gasteiger partial charge in [0.15, 0.2) is 0 Å². The first-order chi connectivity index (χ1) is 25.2. The molecule has 0 spiro atoms. The summed E-state index contributed by atoms with van der Waals surface area (Å²) in [7, 11) is 0. The Hall–Kier alpha value is -6.16. The van der Waals surface area contributed by atoms with Gasteiger partial charge in [-0.15, -0.1) is 0 Å². The fourth-order valence-corrected chi connectivity index (χ4v) is 5.85. The van der Waals surface area contributed by atoms with Crippen LogP contribution in [-0.2, 0) is 0 Å². The molecule has 0 radical (unpaired) electrons. The summed E-state index contributed by atoms with van der Waals surface area (Å²) in [4.78, 5) is 2.29. The second-order valence-corrected chi connectivity index (χ2v) is 12.2. The molecule has 0 atom stereocenters. The Balaban J connectivity index is 0.000000329. The van der Waals surface area contributed by atoms with Gasteiger partial charge in [0.05, 0.1) is 23.3 Å². The van der Waals surface area contributed by atoms with Crippen LogP contribution in [-0.4, -0.2) is 0 Å². The summed E-state index contributed by atoms with van der Waals surface area (Å²) in [6, 6.07) is 43.1. The third kappa shape index (κ3) is 10.4. The van der Waals surface area contributed by atoms with E-state index in [9.17, 15) is 5.26 Å². The monoisotopic (exact) mass is 681 g/mol. The van der Waals surface area contributed by atoms with E-state index in [4.69, 9.17) is 5.26 Å². The molecular weight excluding hydrogens is 631 g/mol. The predicted molar refractivity (Wildman–Crippen MR) is 226 cm³/mol. The van der Waals surface area contributed by atoms with E-state index in [0.717, 1.165) is 22.6 Å². The lowest BCUT2D eigenvalue weighted by molar-refractivity contribution is 1.14. The Morgan fingerprint density at radius 2 is 1.13 bits per heavy atom. The SMILES string of the molecule is C/C=C\C=C(/C)N(c1ccc(C#N)cc1)c1cc2c(cc(C)c3ccccc32)c(/C=C\C)c1C.CC.Cc1ccc(C#N)cc1.Cc1ccccc1. The van der Waals surface area contributed by atoms with Crippen molar-refractivity contribution in [3.8, 4) is 12.1 Å². The molecule has 0 saturated carbocycles. The van der Waals surface area contributed by atoms with Crippen molar-refractivity contribution in [2.75, 3.05) is 4.90 Å². The molecule has 0 unspecified atom stereocenters. The third-order valence-corrected chi connectivity index (χ3v) is 8.49. The topological polar surface area (TPSA) is 50.8 Å². The molecule has 0 aromatic heterocycles. The molecule has 6 rings (SSSR count). The number of hydrogen-bond acceptors (Lipinski definition) is 3. The van der Waals surface area contributed by atoms with E-state index in [2.05, 4.69) is 124 Å².